The quantitative estimate of drug-likeness (QED) is 0.455. The van der Waals surface area contributed by atoms with Gasteiger partial charge in [0.25, 0.3) is 0 Å². The largest absolute Gasteiger partial charge is 0.503 e. The van der Waals surface area contributed by atoms with Crippen LogP contribution in [0, 0.1) is 6.92 Å². The highest BCUT2D eigenvalue weighted by atomic mass is 35.5. The molecule has 6 nitrogen and oxygen atoms in total. The first kappa shape index (κ1) is 17.9. The summed E-state index contributed by atoms with van der Waals surface area (Å²) in [6, 6.07) is 7.36. The fraction of sp³-hybridized carbons (Fsp3) is 0.294. The average molecular weight is 351 g/mol. The molecule has 24 heavy (non-hydrogen) atoms. The minimum Gasteiger partial charge on any atom is -0.503 e. The van der Waals surface area contributed by atoms with Crippen molar-refractivity contribution in [1.29, 1.82) is 0 Å². The molecular weight excluding hydrogens is 332 g/mol. The summed E-state index contributed by atoms with van der Waals surface area (Å²) in [6.07, 6.45) is 1.35. The zero-order valence-corrected chi connectivity index (χ0v) is 14.8. The topological polar surface area (TPSA) is 62.6 Å². The number of nitrogens with zero attached hydrogens (tertiary/aromatic N) is 2. The van der Waals surface area contributed by atoms with Crippen LogP contribution >= 0.6 is 11.6 Å². The molecule has 0 saturated heterocycles. The maximum atomic E-state index is 12.0. The number of hydrogen-bond donors (Lipinski definition) is 0. The molecule has 0 bridgehead atoms. The molecule has 0 unspecified atom stereocenters. The summed E-state index contributed by atoms with van der Waals surface area (Å²) in [5.41, 5.74) is 2.55. The smallest absolute Gasteiger partial charge is 0.341 e. The maximum Gasteiger partial charge on any atom is 0.341 e. The van der Waals surface area contributed by atoms with Crippen LogP contribution in [0.2, 0.25) is 5.15 Å². The number of esters is 1. The molecule has 7 heteroatoms. The molecule has 0 amide bonds. The molecule has 0 N–H and O–H groups in total. The lowest BCUT2D eigenvalue weighted by Crippen LogP contribution is -2.08. The molecule has 0 spiro atoms. The van der Waals surface area contributed by atoms with Crippen LogP contribution in [0.5, 0.6) is 5.88 Å². The van der Waals surface area contributed by atoms with Gasteiger partial charge >= 0.3 is 5.97 Å². The van der Waals surface area contributed by atoms with E-state index in [1.165, 1.54) is 20.5 Å². The van der Waals surface area contributed by atoms with Gasteiger partial charge in [0.1, 0.15) is 17.3 Å². The SMILES string of the molecule is CO/C=C(/C(=O)OC)c1ccccc1COc1nn(C)c(Cl)c1C. The van der Waals surface area contributed by atoms with Gasteiger partial charge in [0.15, 0.2) is 0 Å². The Bertz CT molecular complexity index is 768. The number of benzene rings is 1. The standard InChI is InChI=1S/C17H19ClN2O4/c1-11-15(18)20(2)19-16(11)24-9-12-7-5-6-8-13(12)14(10-22-3)17(21)23-4/h5-8,10H,9H2,1-4H3/b14-10+. The zero-order chi connectivity index (χ0) is 17.7. The zero-order valence-electron chi connectivity index (χ0n) is 14.0. The van der Waals surface area contributed by atoms with Crippen LogP contribution in [0.4, 0.5) is 0 Å². The average Bonchev–Trinajstić information content (AvgIpc) is 2.84. The summed E-state index contributed by atoms with van der Waals surface area (Å²) in [7, 11) is 4.54. The molecule has 0 radical (unpaired) electrons. The van der Waals surface area contributed by atoms with Crippen LogP contribution in [0.1, 0.15) is 16.7 Å². The number of methoxy groups -OCH3 is 2. The van der Waals surface area contributed by atoms with Crippen molar-refractivity contribution in [2.45, 2.75) is 13.5 Å². The molecule has 0 fully saturated rings. The molecule has 2 aromatic rings. The van der Waals surface area contributed by atoms with Gasteiger partial charge in [-0.25, -0.2) is 4.79 Å². The lowest BCUT2D eigenvalue weighted by atomic mass is 10.0. The molecule has 0 aliphatic rings. The minimum atomic E-state index is -0.485. The molecule has 1 heterocycles. The van der Waals surface area contributed by atoms with Crippen molar-refractivity contribution in [1.82, 2.24) is 9.78 Å². The van der Waals surface area contributed by atoms with Crippen molar-refractivity contribution < 1.29 is 19.0 Å². The number of halogens is 1. The molecule has 0 atom stereocenters. The molecule has 1 aromatic carbocycles. The summed E-state index contributed by atoms with van der Waals surface area (Å²) >= 11 is 6.10. The molecule has 0 aliphatic heterocycles. The summed E-state index contributed by atoms with van der Waals surface area (Å²) < 4.78 is 17.1. The van der Waals surface area contributed by atoms with Gasteiger partial charge in [-0.15, -0.1) is 5.10 Å². The van der Waals surface area contributed by atoms with Crippen molar-refractivity contribution in [2.75, 3.05) is 14.2 Å². The fourth-order valence-corrected chi connectivity index (χ4v) is 2.35. The molecule has 1 aromatic heterocycles. The summed E-state index contributed by atoms with van der Waals surface area (Å²) in [4.78, 5) is 12.0. The van der Waals surface area contributed by atoms with Crippen molar-refractivity contribution in [3.05, 3.63) is 52.4 Å². The normalized spacial score (nSPS) is 11.3. The summed E-state index contributed by atoms with van der Waals surface area (Å²) in [5.74, 6) is -0.0333. The molecule has 2 rings (SSSR count). The van der Waals surface area contributed by atoms with E-state index in [9.17, 15) is 4.79 Å². The Morgan fingerprint density at radius 3 is 2.62 bits per heavy atom. The van der Waals surface area contributed by atoms with E-state index in [2.05, 4.69) is 5.10 Å². The third-order valence-electron chi connectivity index (χ3n) is 3.47. The lowest BCUT2D eigenvalue weighted by molar-refractivity contribution is -0.133. The Hall–Kier alpha value is -2.47. The van der Waals surface area contributed by atoms with E-state index >= 15 is 0 Å². The van der Waals surface area contributed by atoms with E-state index in [1.807, 2.05) is 25.1 Å². The Balaban J connectivity index is 2.30. The van der Waals surface area contributed by atoms with Gasteiger partial charge in [0.05, 0.1) is 20.5 Å². The maximum absolute atomic E-state index is 12.0. The minimum absolute atomic E-state index is 0.225. The monoisotopic (exact) mass is 350 g/mol. The second kappa shape index (κ2) is 7.88. The highest BCUT2D eigenvalue weighted by molar-refractivity contribution is 6.30. The van der Waals surface area contributed by atoms with Crippen molar-refractivity contribution in [3.8, 4) is 5.88 Å². The number of ether oxygens (including phenoxy) is 3. The number of carbonyl (C=O) groups excluding carboxylic acids is 1. The van der Waals surface area contributed by atoms with Crippen molar-refractivity contribution in [3.63, 3.8) is 0 Å². The van der Waals surface area contributed by atoms with Crippen molar-refractivity contribution in [2.24, 2.45) is 7.05 Å². The van der Waals surface area contributed by atoms with Gasteiger partial charge in [-0.05, 0) is 18.1 Å². The van der Waals surface area contributed by atoms with E-state index in [-0.39, 0.29) is 6.61 Å². The van der Waals surface area contributed by atoms with Crippen LogP contribution in [0.3, 0.4) is 0 Å². The fourth-order valence-electron chi connectivity index (χ4n) is 2.23. The van der Waals surface area contributed by atoms with Gasteiger partial charge in [-0.2, -0.15) is 0 Å². The summed E-state index contributed by atoms with van der Waals surface area (Å²) in [6.45, 7) is 2.06. The Morgan fingerprint density at radius 2 is 2.04 bits per heavy atom. The molecule has 0 saturated carbocycles. The van der Waals surface area contributed by atoms with E-state index in [0.717, 1.165) is 11.1 Å². The van der Waals surface area contributed by atoms with Gasteiger partial charge in [-0.1, -0.05) is 35.9 Å². The van der Waals surface area contributed by atoms with Gasteiger partial charge in [0.2, 0.25) is 5.88 Å². The number of rotatable bonds is 6. The predicted octanol–water partition coefficient (Wildman–Crippen LogP) is 3.12. The number of aromatic nitrogens is 2. The second-order valence-corrected chi connectivity index (χ2v) is 5.41. The Kier molecular flexibility index (Phi) is 5.87. The van der Waals surface area contributed by atoms with Gasteiger partial charge in [0, 0.05) is 12.6 Å². The summed E-state index contributed by atoms with van der Waals surface area (Å²) in [5, 5.41) is 4.74. The van der Waals surface area contributed by atoms with Crippen molar-refractivity contribution >= 4 is 23.1 Å². The van der Waals surface area contributed by atoms with E-state index < -0.39 is 5.97 Å². The Morgan fingerprint density at radius 1 is 1.33 bits per heavy atom. The van der Waals surface area contributed by atoms with Crippen LogP contribution in [0.15, 0.2) is 30.5 Å². The van der Waals surface area contributed by atoms with Gasteiger partial charge < -0.3 is 14.2 Å². The predicted molar refractivity (Wildman–Crippen MR) is 90.7 cm³/mol. The van der Waals surface area contributed by atoms with Crippen LogP contribution in [-0.4, -0.2) is 30.0 Å². The lowest BCUT2D eigenvalue weighted by Gasteiger charge is -2.12. The first-order valence-corrected chi connectivity index (χ1v) is 7.58. The highest BCUT2D eigenvalue weighted by Crippen LogP contribution is 2.26. The first-order valence-electron chi connectivity index (χ1n) is 7.21. The number of aryl methyl sites for hydroxylation is 1. The van der Waals surface area contributed by atoms with Crippen LogP contribution in [-0.2, 0) is 27.9 Å². The molecule has 0 aliphatic carbocycles. The second-order valence-electron chi connectivity index (χ2n) is 5.05. The van der Waals surface area contributed by atoms with E-state index in [1.54, 1.807) is 17.8 Å². The Labute approximate surface area is 145 Å². The van der Waals surface area contributed by atoms with E-state index in [0.29, 0.717) is 22.2 Å². The highest BCUT2D eigenvalue weighted by Gasteiger charge is 2.18. The van der Waals surface area contributed by atoms with Gasteiger partial charge in [-0.3, -0.25) is 4.68 Å². The number of carbonyl (C=O) groups is 1. The number of hydrogen-bond acceptors (Lipinski definition) is 5. The third-order valence-corrected chi connectivity index (χ3v) is 4.00. The van der Waals surface area contributed by atoms with Crippen LogP contribution < -0.4 is 4.74 Å². The first-order chi connectivity index (χ1) is 11.5. The van der Waals surface area contributed by atoms with Crippen LogP contribution in [0.25, 0.3) is 5.57 Å². The molecule has 128 valence electrons. The third kappa shape index (κ3) is 3.71. The molecular formula is C17H19ClN2O4. The van der Waals surface area contributed by atoms with E-state index in [4.69, 9.17) is 25.8 Å².